The highest BCUT2D eigenvalue weighted by Gasteiger charge is 2.20. The molecule has 8 heteroatoms. The van der Waals surface area contributed by atoms with Crippen LogP contribution >= 0.6 is 23.1 Å². The van der Waals surface area contributed by atoms with Gasteiger partial charge in [-0.05, 0) is 12.1 Å². The molecule has 0 amide bonds. The van der Waals surface area contributed by atoms with Gasteiger partial charge in [0.25, 0.3) is 0 Å². The number of imidazole rings is 1. The van der Waals surface area contributed by atoms with Crippen molar-refractivity contribution in [1.82, 2.24) is 23.6 Å². The van der Waals surface area contributed by atoms with Crippen LogP contribution in [0.25, 0.3) is 5.65 Å². The summed E-state index contributed by atoms with van der Waals surface area (Å²) in [6, 6.07) is 3.82. The average Bonchev–Trinajstić information content (AvgIpc) is 3.21. The van der Waals surface area contributed by atoms with Crippen molar-refractivity contribution in [2.75, 3.05) is 31.1 Å². The molecule has 0 aromatic carbocycles. The van der Waals surface area contributed by atoms with E-state index in [0.29, 0.717) is 0 Å². The van der Waals surface area contributed by atoms with Crippen LogP contribution in [-0.2, 0) is 13.0 Å². The number of aryl methyl sites for hydroxylation is 1. The van der Waals surface area contributed by atoms with Crippen LogP contribution in [0.5, 0.6) is 0 Å². The van der Waals surface area contributed by atoms with Gasteiger partial charge < -0.3 is 9.30 Å². The number of rotatable bonds is 4. The molecule has 1 aliphatic heterocycles. The van der Waals surface area contributed by atoms with Gasteiger partial charge in [-0.3, -0.25) is 4.90 Å². The molecule has 126 valence electrons. The van der Waals surface area contributed by atoms with E-state index in [4.69, 9.17) is 11.6 Å². The van der Waals surface area contributed by atoms with Crippen LogP contribution in [0.3, 0.4) is 0 Å². The Balaban J connectivity index is 1.38. The fourth-order valence-corrected chi connectivity index (χ4v) is 3.91. The van der Waals surface area contributed by atoms with Crippen LogP contribution in [0.15, 0.2) is 24.5 Å². The maximum atomic E-state index is 6.03. The Morgan fingerprint density at radius 1 is 1.12 bits per heavy atom. The first-order chi connectivity index (χ1) is 11.7. The molecule has 0 radical (unpaired) electrons. The van der Waals surface area contributed by atoms with E-state index in [-0.39, 0.29) is 0 Å². The molecule has 3 aromatic rings. The van der Waals surface area contributed by atoms with Gasteiger partial charge >= 0.3 is 0 Å². The Morgan fingerprint density at radius 3 is 2.71 bits per heavy atom. The molecule has 0 atom stereocenters. The number of hydrogen-bond donors (Lipinski definition) is 0. The van der Waals surface area contributed by atoms with Crippen molar-refractivity contribution in [2.45, 2.75) is 19.9 Å². The zero-order valence-electron chi connectivity index (χ0n) is 13.5. The molecule has 0 saturated carbocycles. The van der Waals surface area contributed by atoms with Crippen molar-refractivity contribution in [3.8, 4) is 0 Å². The van der Waals surface area contributed by atoms with Crippen molar-refractivity contribution < 1.29 is 0 Å². The van der Waals surface area contributed by atoms with Gasteiger partial charge in [0.1, 0.15) is 11.5 Å². The van der Waals surface area contributed by atoms with Gasteiger partial charge in [0.15, 0.2) is 0 Å². The van der Waals surface area contributed by atoms with Crippen LogP contribution in [0, 0.1) is 0 Å². The molecule has 0 bridgehead atoms. The van der Waals surface area contributed by atoms with Crippen molar-refractivity contribution in [2.24, 2.45) is 0 Å². The Morgan fingerprint density at radius 2 is 1.96 bits per heavy atom. The highest BCUT2D eigenvalue weighted by molar-refractivity contribution is 7.09. The standard InChI is InChI=1S/C16H19ClN6S/c1-2-14-19-16(24-20-14)22-7-5-21(6-8-22)10-13-11-23-9-12(17)3-4-15(23)18-13/h3-4,9,11H,2,5-8,10H2,1H3. The number of fused-ring (bicyclic) bond motifs is 1. The summed E-state index contributed by atoms with van der Waals surface area (Å²) in [5.41, 5.74) is 2.02. The number of hydrogen-bond acceptors (Lipinski definition) is 6. The molecule has 4 heterocycles. The number of halogens is 1. The largest absolute Gasteiger partial charge is 0.344 e. The van der Waals surface area contributed by atoms with E-state index in [9.17, 15) is 0 Å². The highest BCUT2D eigenvalue weighted by atomic mass is 35.5. The molecule has 0 aliphatic carbocycles. The highest BCUT2D eigenvalue weighted by Crippen LogP contribution is 2.20. The maximum Gasteiger partial charge on any atom is 0.205 e. The van der Waals surface area contributed by atoms with Crippen molar-refractivity contribution in [3.05, 3.63) is 41.1 Å². The molecule has 0 N–H and O–H groups in total. The lowest BCUT2D eigenvalue weighted by Gasteiger charge is -2.33. The topological polar surface area (TPSA) is 49.6 Å². The van der Waals surface area contributed by atoms with E-state index >= 15 is 0 Å². The lowest BCUT2D eigenvalue weighted by molar-refractivity contribution is 0.247. The van der Waals surface area contributed by atoms with Gasteiger partial charge in [0.2, 0.25) is 5.13 Å². The second-order valence-electron chi connectivity index (χ2n) is 5.95. The summed E-state index contributed by atoms with van der Waals surface area (Å²) in [4.78, 5) is 14.0. The molecule has 1 aliphatic rings. The Hall–Kier alpha value is -1.70. The van der Waals surface area contributed by atoms with E-state index in [1.807, 2.05) is 22.7 Å². The van der Waals surface area contributed by atoms with E-state index < -0.39 is 0 Å². The monoisotopic (exact) mass is 362 g/mol. The summed E-state index contributed by atoms with van der Waals surface area (Å²) in [5, 5.41) is 1.78. The second kappa shape index (κ2) is 6.66. The van der Waals surface area contributed by atoms with Gasteiger partial charge in [0, 0.05) is 63.1 Å². The smallest absolute Gasteiger partial charge is 0.205 e. The minimum atomic E-state index is 0.726. The first-order valence-electron chi connectivity index (χ1n) is 8.14. The Labute approximate surface area is 149 Å². The van der Waals surface area contributed by atoms with Crippen LogP contribution < -0.4 is 4.90 Å². The summed E-state index contributed by atoms with van der Waals surface area (Å²) in [5.74, 6) is 0.945. The number of pyridine rings is 1. The van der Waals surface area contributed by atoms with Gasteiger partial charge in [-0.2, -0.15) is 4.37 Å². The van der Waals surface area contributed by atoms with Crippen LogP contribution in [-0.4, -0.2) is 49.8 Å². The quantitative estimate of drug-likeness (QED) is 0.714. The van der Waals surface area contributed by atoms with Gasteiger partial charge in [-0.1, -0.05) is 18.5 Å². The maximum absolute atomic E-state index is 6.03. The predicted octanol–water partition coefficient (Wildman–Crippen LogP) is 2.72. The van der Waals surface area contributed by atoms with Gasteiger partial charge in [-0.25, -0.2) is 9.97 Å². The lowest BCUT2D eigenvalue weighted by atomic mass is 10.3. The van der Waals surface area contributed by atoms with Crippen LogP contribution in [0.2, 0.25) is 5.02 Å². The fraction of sp³-hybridized carbons (Fsp3) is 0.438. The fourth-order valence-electron chi connectivity index (χ4n) is 2.94. The first-order valence-corrected chi connectivity index (χ1v) is 9.29. The van der Waals surface area contributed by atoms with E-state index in [2.05, 4.69) is 37.3 Å². The number of anilines is 1. The summed E-state index contributed by atoms with van der Waals surface area (Å²) >= 11 is 7.54. The normalized spacial score (nSPS) is 16.2. The van der Waals surface area contributed by atoms with Crippen molar-refractivity contribution in [1.29, 1.82) is 0 Å². The van der Waals surface area contributed by atoms with Crippen LogP contribution in [0.4, 0.5) is 5.13 Å². The molecule has 3 aromatic heterocycles. The second-order valence-corrected chi connectivity index (χ2v) is 7.12. The number of piperazine rings is 1. The minimum Gasteiger partial charge on any atom is -0.344 e. The van der Waals surface area contributed by atoms with Gasteiger partial charge in [-0.15, -0.1) is 0 Å². The van der Waals surface area contributed by atoms with Gasteiger partial charge in [0.05, 0.1) is 10.7 Å². The summed E-state index contributed by atoms with van der Waals surface area (Å²) in [7, 11) is 0. The predicted molar refractivity (Wildman–Crippen MR) is 97.0 cm³/mol. The molecule has 0 unspecified atom stereocenters. The lowest BCUT2D eigenvalue weighted by Crippen LogP contribution is -2.46. The Kier molecular flexibility index (Phi) is 4.39. The molecular weight excluding hydrogens is 344 g/mol. The minimum absolute atomic E-state index is 0.726. The molecular formula is C16H19ClN6S. The molecule has 0 spiro atoms. The zero-order chi connectivity index (χ0) is 16.5. The number of nitrogens with zero attached hydrogens (tertiary/aromatic N) is 6. The summed E-state index contributed by atoms with van der Waals surface area (Å²) < 4.78 is 6.37. The summed E-state index contributed by atoms with van der Waals surface area (Å²) in [6.07, 6.45) is 4.85. The van der Waals surface area contributed by atoms with Crippen molar-refractivity contribution in [3.63, 3.8) is 0 Å². The average molecular weight is 363 g/mol. The molecule has 24 heavy (non-hydrogen) atoms. The number of aromatic nitrogens is 4. The van der Waals surface area contributed by atoms with Crippen LogP contribution in [0.1, 0.15) is 18.4 Å². The molecule has 1 fully saturated rings. The zero-order valence-corrected chi connectivity index (χ0v) is 15.1. The SMILES string of the molecule is CCc1nsc(N2CCN(Cc3cn4cc(Cl)ccc4n3)CC2)n1. The molecule has 4 rings (SSSR count). The third kappa shape index (κ3) is 3.24. The summed E-state index contributed by atoms with van der Waals surface area (Å²) in [6.45, 7) is 6.94. The van der Waals surface area contributed by atoms with E-state index in [1.165, 1.54) is 11.5 Å². The first kappa shape index (κ1) is 15.8. The van der Waals surface area contributed by atoms with E-state index in [0.717, 1.165) is 66.5 Å². The van der Waals surface area contributed by atoms with E-state index in [1.54, 1.807) is 0 Å². The third-order valence-electron chi connectivity index (χ3n) is 4.27. The molecule has 6 nitrogen and oxygen atoms in total. The van der Waals surface area contributed by atoms with Crippen molar-refractivity contribution >= 4 is 33.9 Å². The Bertz CT molecular complexity index is 836. The third-order valence-corrected chi connectivity index (χ3v) is 5.31. The molecule has 1 saturated heterocycles.